The second kappa shape index (κ2) is 10.2. The van der Waals surface area contributed by atoms with Gasteiger partial charge in [0.1, 0.15) is 22.9 Å². The average Bonchev–Trinajstić information content (AvgIpc) is 2.73. The Kier molecular flexibility index (Phi) is 7.33. The highest BCUT2D eigenvalue weighted by molar-refractivity contribution is 7.99. The molecular weight excluding hydrogens is 360 g/mol. The fourth-order valence-electron chi connectivity index (χ4n) is 3.03. The lowest BCUT2D eigenvalue weighted by atomic mass is 10.1. The van der Waals surface area contributed by atoms with Crippen molar-refractivity contribution < 1.29 is 9.53 Å². The van der Waals surface area contributed by atoms with Crippen LogP contribution in [0.25, 0.3) is 0 Å². The molecule has 0 radical (unpaired) electrons. The Bertz CT molecular complexity index is 733. The first-order valence-electron chi connectivity index (χ1n) is 9.34. The van der Waals surface area contributed by atoms with Crippen LogP contribution in [0.15, 0.2) is 41.7 Å². The van der Waals surface area contributed by atoms with E-state index in [1.807, 2.05) is 30.3 Å². The molecule has 3 rings (SSSR count). The van der Waals surface area contributed by atoms with Crippen LogP contribution in [-0.4, -0.2) is 48.4 Å². The number of thioether (sulfide) groups is 1. The number of benzene rings is 1. The lowest BCUT2D eigenvalue weighted by Gasteiger charge is -2.27. The Morgan fingerprint density at radius 3 is 2.70 bits per heavy atom. The van der Waals surface area contributed by atoms with Crippen LogP contribution >= 0.6 is 11.8 Å². The normalized spacial score (nSPS) is 14.0. The zero-order valence-electron chi connectivity index (χ0n) is 15.7. The van der Waals surface area contributed by atoms with E-state index >= 15 is 0 Å². The number of hydrogen-bond donors (Lipinski definition) is 1. The second-order valence-electron chi connectivity index (χ2n) is 6.50. The lowest BCUT2D eigenvalue weighted by molar-refractivity contribution is -0.118. The molecule has 1 amide bonds. The maximum absolute atomic E-state index is 12.1. The molecule has 0 spiro atoms. The number of piperidine rings is 1. The Balaban J connectivity index is 1.40. The van der Waals surface area contributed by atoms with Crippen molar-refractivity contribution in [3.05, 3.63) is 42.2 Å². The maximum Gasteiger partial charge on any atom is 0.230 e. The van der Waals surface area contributed by atoms with Gasteiger partial charge in [0.2, 0.25) is 5.91 Å². The molecule has 0 saturated carbocycles. The van der Waals surface area contributed by atoms with Gasteiger partial charge >= 0.3 is 0 Å². The fourth-order valence-corrected chi connectivity index (χ4v) is 3.73. The van der Waals surface area contributed by atoms with Crippen LogP contribution in [0.3, 0.4) is 0 Å². The molecule has 1 aliphatic rings. The van der Waals surface area contributed by atoms with E-state index in [0.29, 0.717) is 12.3 Å². The molecule has 0 atom stereocenters. The largest absolute Gasteiger partial charge is 0.497 e. The number of amides is 1. The maximum atomic E-state index is 12.1. The van der Waals surface area contributed by atoms with Crippen molar-refractivity contribution >= 4 is 23.5 Å². The number of hydrogen-bond acceptors (Lipinski definition) is 6. The van der Waals surface area contributed by atoms with Gasteiger partial charge < -0.3 is 15.0 Å². The zero-order valence-corrected chi connectivity index (χ0v) is 16.5. The summed E-state index contributed by atoms with van der Waals surface area (Å²) in [4.78, 5) is 23.0. The summed E-state index contributed by atoms with van der Waals surface area (Å²) in [7, 11) is 1.65. The lowest BCUT2D eigenvalue weighted by Crippen LogP contribution is -2.30. The molecule has 1 aliphatic heterocycles. The minimum absolute atomic E-state index is 0.0200. The van der Waals surface area contributed by atoms with Crippen LogP contribution in [0.5, 0.6) is 5.75 Å². The molecule has 1 aromatic carbocycles. The monoisotopic (exact) mass is 386 g/mol. The van der Waals surface area contributed by atoms with Crippen molar-refractivity contribution in [2.75, 3.05) is 37.4 Å². The summed E-state index contributed by atoms with van der Waals surface area (Å²) in [6.07, 6.45) is 6.10. The summed E-state index contributed by atoms with van der Waals surface area (Å²) >= 11 is 1.45. The van der Waals surface area contributed by atoms with Gasteiger partial charge in [-0.05, 0) is 43.4 Å². The number of ether oxygens (including phenoxy) is 1. The Hall–Kier alpha value is -2.28. The van der Waals surface area contributed by atoms with Gasteiger partial charge in [0.15, 0.2) is 0 Å². The van der Waals surface area contributed by atoms with Gasteiger partial charge in [-0.25, -0.2) is 9.97 Å². The average molecular weight is 387 g/mol. The molecule has 2 aromatic rings. The first kappa shape index (κ1) is 19.5. The van der Waals surface area contributed by atoms with Crippen LogP contribution in [0.4, 0.5) is 5.82 Å². The summed E-state index contributed by atoms with van der Waals surface area (Å²) in [5.74, 6) is 2.19. The summed E-state index contributed by atoms with van der Waals surface area (Å²) in [6, 6.07) is 9.89. The Morgan fingerprint density at radius 2 is 1.96 bits per heavy atom. The van der Waals surface area contributed by atoms with Gasteiger partial charge in [0.05, 0.1) is 12.9 Å². The van der Waals surface area contributed by atoms with E-state index in [1.54, 1.807) is 13.4 Å². The number of nitrogens with one attached hydrogen (secondary N) is 1. The smallest absolute Gasteiger partial charge is 0.230 e. The molecule has 6 nitrogen and oxygen atoms in total. The SMILES string of the molecule is COc1ccc(CCNC(=O)CSc2cc(N3CCCCC3)ncn2)cc1. The summed E-state index contributed by atoms with van der Waals surface area (Å²) in [5.41, 5.74) is 1.17. The molecule has 0 aliphatic carbocycles. The van der Waals surface area contributed by atoms with Crippen molar-refractivity contribution in [3.63, 3.8) is 0 Å². The molecule has 27 heavy (non-hydrogen) atoms. The van der Waals surface area contributed by atoms with Gasteiger partial charge in [-0.3, -0.25) is 4.79 Å². The third-order valence-corrected chi connectivity index (χ3v) is 5.48. The summed E-state index contributed by atoms with van der Waals surface area (Å²) < 4.78 is 5.15. The predicted molar refractivity (Wildman–Crippen MR) is 109 cm³/mol. The van der Waals surface area contributed by atoms with Gasteiger partial charge in [-0.2, -0.15) is 0 Å². The number of anilines is 1. The highest BCUT2D eigenvalue weighted by atomic mass is 32.2. The number of carbonyl (C=O) groups excluding carboxylic acids is 1. The minimum Gasteiger partial charge on any atom is -0.497 e. The standard InChI is InChI=1S/C20H26N4O2S/c1-26-17-7-5-16(6-8-17)9-10-21-19(25)14-27-20-13-18(22-15-23-20)24-11-3-2-4-12-24/h5-8,13,15H,2-4,9-12,14H2,1H3,(H,21,25). The number of aromatic nitrogens is 2. The third kappa shape index (κ3) is 6.13. The van der Waals surface area contributed by atoms with Crippen LogP contribution in [0.2, 0.25) is 0 Å². The summed E-state index contributed by atoms with van der Waals surface area (Å²) in [6.45, 7) is 2.72. The Labute approximate surface area is 164 Å². The van der Waals surface area contributed by atoms with Crippen LogP contribution in [0.1, 0.15) is 24.8 Å². The molecule has 2 heterocycles. The first-order valence-corrected chi connectivity index (χ1v) is 10.3. The molecule has 1 N–H and O–H groups in total. The molecule has 7 heteroatoms. The zero-order chi connectivity index (χ0) is 18.9. The molecule has 1 fully saturated rings. The van der Waals surface area contributed by atoms with Crippen molar-refractivity contribution in [3.8, 4) is 5.75 Å². The van der Waals surface area contributed by atoms with Crippen LogP contribution < -0.4 is 15.0 Å². The molecule has 0 bridgehead atoms. The topological polar surface area (TPSA) is 67.3 Å². The molecule has 144 valence electrons. The third-order valence-electron chi connectivity index (χ3n) is 4.55. The molecule has 0 unspecified atom stereocenters. The van der Waals surface area contributed by atoms with Gasteiger partial charge in [0, 0.05) is 25.7 Å². The number of nitrogens with zero attached hydrogens (tertiary/aromatic N) is 3. The number of carbonyl (C=O) groups is 1. The van der Waals surface area contributed by atoms with Gasteiger partial charge in [0.25, 0.3) is 0 Å². The van der Waals surface area contributed by atoms with E-state index < -0.39 is 0 Å². The molecular formula is C20H26N4O2S. The number of methoxy groups -OCH3 is 1. The highest BCUT2D eigenvalue weighted by Gasteiger charge is 2.13. The van der Waals surface area contributed by atoms with Gasteiger partial charge in [-0.1, -0.05) is 23.9 Å². The van der Waals surface area contributed by atoms with Gasteiger partial charge in [-0.15, -0.1) is 0 Å². The number of rotatable bonds is 8. The van der Waals surface area contributed by atoms with Crippen LogP contribution in [-0.2, 0) is 11.2 Å². The van der Waals surface area contributed by atoms with Crippen molar-refractivity contribution in [2.24, 2.45) is 0 Å². The van der Waals surface area contributed by atoms with Crippen molar-refractivity contribution in [1.29, 1.82) is 0 Å². The van der Waals surface area contributed by atoms with Crippen molar-refractivity contribution in [2.45, 2.75) is 30.7 Å². The summed E-state index contributed by atoms with van der Waals surface area (Å²) in [5, 5.41) is 3.81. The van der Waals surface area contributed by atoms with Crippen LogP contribution in [0, 0.1) is 0 Å². The first-order chi connectivity index (χ1) is 13.2. The van der Waals surface area contributed by atoms with E-state index in [9.17, 15) is 4.79 Å². The minimum atomic E-state index is 0.0200. The van der Waals surface area contributed by atoms with E-state index in [4.69, 9.17) is 4.74 Å². The van der Waals surface area contributed by atoms with E-state index in [0.717, 1.165) is 36.1 Å². The predicted octanol–water partition coefficient (Wildman–Crippen LogP) is 2.93. The fraction of sp³-hybridized carbons (Fsp3) is 0.450. The van der Waals surface area contributed by atoms with E-state index in [2.05, 4.69) is 20.2 Å². The highest BCUT2D eigenvalue weighted by Crippen LogP contribution is 2.22. The Morgan fingerprint density at radius 1 is 1.19 bits per heavy atom. The van der Waals surface area contributed by atoms with Crippen molar-refractivity contribution in [1.82, 2.24) is 15.3 Å². The van der Waals surface area contributed by atoms with E-state index in [-0.39, 0.29) is 5.91 Å². The second-order valence-corrected chi connectivity index (χ2v) is 7.49. The quantitative estimate of drug-likeness (QED) is 0.556. The van der Waals surface area contributed by atoms with E-state index in [1.165, 1.54) is 36.6 Å². The molecule has 1 aromatic heterocycles. The molecule has 1 saturated heterocycles.